The van der Waals surface area contributed by atoms with Gasteiger partial charge in [-0.05, 0) is 48.7 Å². The van der Waals surface area contributed by atoms with Crippen LogP contribution < -0.4 is 5.32 Å². The molecule has 5 aromatic rings. The first-order valence-corrected chi connectivity index (χ1v) is 10.1. The van der Waals surface area contributed by atoms with Crippen molar-refractivity contribution >= 4 is 44.2 Å². The van der Waals surface area contributed by atoms with E-state index in [1.165, 1.54) is 5.56 Å². The highest BCUT2D eigenvalue weighted by molar-refractivity contribution is 6.18. The smallest absolute Gasteiger partial charge is 0.259 e. The second-order valence-electron chi connectivity index (χ2n) is 7.07. The number of carbonyl (C=O) groups excluding carboxylic acids is 1. The highest BCUT2D eigenvalue weighted by Crippen LogP contribution is 2.35. The molecule has 0 saturated carbocycles. The van der Waals surface area contributed by atoms with Gasteiger partial charge >= 0.3 is 0 Å². The third-order valence-electron chi connectivity index (χ3n) is 5.14. The van der Waals surface area contributed by atoms with Crippen molar-refractivity contribution in [3.63, 3.8) is 0 Å². The van der Waals surface area contributed by atoms with Crippen LogP contribution in [0.2, 0.25) is 0 Å². The van der Waals surface area contributed by atoms with Crippen LogP contribution in [0.1, 0.15) is 37.2 Å². The third kappa shape index (κ3) is 3.97. The fourth-order valence-corrected chi connectivity index (χ4v) is 3.75. The van der Waals surface area contributed by atoms with Gasteiger partial charge in [-0.3, -0.25) is 4.79 Å². The summed E-state index contributed by atoms with van der Waals surface area (Å²) in [5, 5.41) is 17.4. The van der Waals surface area contributed by atoms with Gasteiger partial charge in [0, 0.05) is 27.4 Å². The molecule has 0 radical (unpaired) electrons. The van der Waals surface area contributed by atoms with Crippen LogP contribution in [-0.2, 0) is 0 Å². The summed E-state index contributed by atoms with van der Waals surface area (Å²) in [7, 11) is 0. The van der Waals surface area contributed by atoms with Crippen molar-refractivity contribution in [2.24, 2.45) is 0 Å². The Kier molecular flexibility index (Phi) is 6.30. The van der Waals surface area contributed by atoms with Crippen LogP contribution in [0.4, 0.5) is 5.69 Å². The minimum absolute atomic E-state index is 0. The van der Waals surface area contributed by atoms with E-state index in [1.54, 1.807) is 12.1 Å². The van der Waals surface area contributed by atoms with Gasteiger partial charge < -0.3 is 15.4 Å². The van der Waals surface area contributed by atoms with E-state index in [2.05, 4.69) is 41.5 Å². The largest absolute Gasteiger partial charge is 0.507 e. The molecule has 0 atom stereocenters. The molecule has 0 aliphatic rings. The van der Waals surface area contributed by atoms with Crippen molar-refractivity contribution in [1.82, 2.24) is 4.98 Å². The zero-order chi connectivity index (χ0) is 21.3. The van der Waals surface area contributed by atoms with Crippen LogP contribution in [0.3, 0.4) is 0 Å². The predicted molar refractivity (Wildman–Crippen MR) is 132 cm³/mol. The molecule has 0 unspecified atom stereocenters. The average molecular weight is 413 g/mol. The molecule has 0 bridgehead atoms. The number of aromatic hydroxyl groups is 1. The molecule has 3 N–H and O–H groups in total. The Morgan fingerprint density at radius 2 is 1.61 bits per heavy atom. The molecule has 0 aliphatic carbocycles. The molecule has 158 valence electrons. The quantitative estimate of drug-likeness (QED) is 0.283. The van der Waals surface area contributed by atoms with Gasteiger partial charge in [-0.1, -0.05) is 63.2 Å². The highest BCUT2D eigenvalue weighted by atomic mass is 16.3. The number of hydrogen-bond donors (Lipinski definition) is 3. The van der Waals surface area contributed by atoms with Crippen LogP contribution in [0.15, 0.2) is 72.8 Å². The minimum Gasteiger partial charge on any atom is -0.507 e. The number of aromatic amines is 1. The molecule has 0 spiro atoms. The Hall–Kier alpha value is -3.79. The highest BCUT2D eigenvalue weighted by Gasteiger charge is 2.15. The van der Waals surface area contributed by atoms with Crippen molar-refractivity contribution in [1.29, 1.82) is 0 Å². The maximum atomic E-state index is 12.6. The van der Waals surface area contributed by atoms with E-state index in [0.717, 1.165) is 32.6 Å². The summed E-state index contributed by atoms with van der Waals surface area (Å²) in [6, 6.07) is 23.0. The van der Waals surface area contributed by atoms with Gasteiger partial charge in [0.25, 0.3) is 5.91 Å². The summed E-state index contributed by atoms with van der Waals surface area (Å²) in [6.07, 6.45) is 0. The monoisotopic (exact) mass is 412 g/mol. The maximum absolute atomic E-state index is 12.6. The Labute approximate surface area is 182 Å². The number of nitrogens with one attached hydrogen (secondary N) is 2. The van der Waals surface area contributed by atoms with Gasteiger partial charge in [0.15, 0.2) is 0 Å². The van der Waals surface area contributed by atoms with Crippen LogP contribution in [0.5, 0.6) is 5.75 Å². The lowest BCUT2D eigenvalue weighted by molar-refractivity contribution is 0.102. The number of anilines is 1. The molecule has 0 aliphatic heterocycles. The third-order valence-corrected chi connectivity index (χ3v) is 5.14. The molecule has 31 heavy (non-hydrogen) atoms. The number of phenolic OH excluding ortho intramolecular Hbond substituents is 1. The summed E-state index contributed by atoms with van der Waals surface area (Å²) in [4.78, 5) is 16.1. The standard InChI is InChI=1S/C24H18N2O2.C2H6.CH4/c1-14-7-10-21-19(11-14)17-9-8-15-12-20(22(27)13-18(15)23(17)26-21)24(28)25-16-5-3-2-4-6-16;1-2;/h2-13,26-27H,1H3,(H,25,28);1-2H3;1H4. The topological polar surface area (TPSA) is 65.1 Å². The van der Waals surface area contributed by atoms with E-state index < -0.39 is 0 Å². The van der Waals surface area contributed by atoms with Crippen molar-refractivity contribution in [3.8, 4) is 5.75 Å². The Morgan fingerprint density at radius 1 is 0.871 bits per heavy atom. The lowest BCUT2D eigenvalue weighted by Crippen LogP contribution is -2.12. The Bertz CT molecular complexity index is 1370. The van der Waals surface area contributed by atoms with E-state index in [4.69, 9.17) is 0 Å². The SMILES string of the molecule is C.CC.Cc1ccc2[nH]c3c4cc(O)c(C(=O)Nc5ccccc5)cc4ccc3c2c1. The van der Waals surface area contributed by atoms with Crippen LogP contribution in [-0.4, -0.2) is 16.0 Å². The van der Waals surface area contributed by atoms with Crippen molar-refractivity contribution in [3.05, 3.63) is 83.9 Å². The van der Waals surface area contributed by atoms with Gasteiger partial charge in [0.1, 0.15) is 5.75 Å². The van der Waals surface area contributed by atoms with Crippen LogP contribution in [0, 0.1) is 6.92 Å². The van der Waals surface area contributed by atoms with E-state index in [9.17, 15) is 9.90 Å². The van der Waals surface area contributed by atoms with Gasteiger partial charge in [-0.2, -0.15) is 0 Å². The Morgan fingerprint density at radius 3 is 2.35 bits per heavy atom. The maximum Gasteiger partial charge on any atom is 0.259 e. The molecule has 4 aromatic carbocycles. The number of amides is 1. The molecular weight excluding hydrogens is 384 g/mol. The molecule has 4 nitrogen and oxygen atoms in total. The molecular formula is C27H28N2O2. The number of para-hydroxylation sites is 1. The lowest BCUT2D eigenvalue weighted by Gasteiger charge is -2.09. The van der Waals surface area contributed by atoms with Crippen molar-refractivity contribution < 1.29 is 9.90 Å². The van der Waals surface area contributed by atoms with Gasteiger partial charge in [-0.15, -0.1) is 0 Å². The number of hydrogen-bond acceptors (Lipinski definition) is 2. The molecule has 5 rings (SSSR count). The molecule has 1 heterocycles. The fourth-order valence-electron chi connectivity index (χ4n) is 3.75. The van der Waals surface area contributed by atoms with Crippen LogP contribution in [0.25, 0.3) is 32.6 Å². The number of carbonyl (C=O) groups is 1. The first kappa shape index (κ1) is 21.9. The number of aryl methyl sites for hydroxylation is 1. The van der Waals surface area contributed by atoms with E-state index in [0.29, 0.717) is 5.69 Å². The summed E-state index contributed by atoms with van der Waals surface area (Å²) >= 11 is 0. The number of fused-ring (bicyclic) bond motifs is 5. The van der Waals surface area contributed by atoms with Gasteiger partial charge in [0.05, 0.1) is 11.1 Å². The van der Waals surface area contributed by atoms with Crippen LogP contribution >= 0.6 is 0 Å². The first-order valence-electron chi connectivity index (χ1n) is 10.1. The summed E-state index contributed by atoms with van der Waals surface area (Å²) in [5.74, 6) is -0.374. The molecule has 1 aromatic heterocycles. The predicted octanol–water partition coefficient (Wildman–Crippen LogP) is 7.40. The fraction of sp³-hybridized carbons (Fsp3) is 0.148. The molecule has 4 heteroatoms. The molecule has 0 fully saturated rings. The second kappa shape index (κ2) is 8.92. The van der Waals surface area contributed by atoms with E-state index >= 15 is 0 Å². The Balaban J connectivity index is 0.000000883. The number of aromatic nitrogens is 1. The molecule has 1 amide bonds. The average Bonchev–Trinajstić information content (AvgIpc) is 3.13. The summed E-state index contributed by atoms with van der Waals surface area (Å²) < 4.78 is 0. The number of rotatable bonds is 2. The van der Waals surface area contributed by atoms with Crippen molar-refractivity contribution in [2.75, 3.05) is 5.32 Å². The summed E-state index contributed by atoms with van der Waals surface area (Å²) in [5.41, 5.74) is 4.15. The second-order valence-corrected chi connectivity index (χ2v) is 7.07. The van der Waals surface area contributed by atoms with E-state index in [-0.39, 0.29) is 24.6 Å². The van der Waals surface area contributed by atoms with Crippen molar-refractivity contribution in [2.45, 2.75) is 28.2 Å². The van der Waals surface area contributed by atoms with E-state index in [1.807, 2.05) is 50.2 Å². The normalized spacial score (nSPS) is 10.4. The first-order chi connectivity index (χ1) is 14.6. The number of phenols is 1. The summed E-state index contributed by atoms with van der Waals surface area (Å²) in [6.45, 7) is 6.07. The minimum atomic E-state index is -0.335. The zero-order valence-electron chi connectivity index (χ0n) is 17.3. The molecule has 0 saturated heterocycles. The number of benzene rings is 4. The van der Waals surface area contributed by atoms with Gasteiger partial charge in [0.2, 0.25) is 0 Å². The number of H-pyrrole nitrogens is 1. The van der Waals surface area contributed by atoms with Gasteiger partial charge in [-0.25, -0.2) is 0 Å². The zero-order valence-corrected chi connectivity index (χ0v) is 17.3. The lowest BCUT2D eigenvalue weighted by atomic mass is 10.0.